The maximum Gasteiger partial charge on any atom is 0.390 e. The Morgan fingerprint density at radius 2 is 2.27 bits per heavy atom. The smallest absolute Gasteiger partial charge is 0.390 e. The first-order valence-electron chi connectivity index (χ1n) is 7.46. The predicted octanol–water partition coefficient (Wildman–Crippen LogP) is 2.98. The number of hydrogen-bond donors (Lipinski definition) is 1. The van der Waals surface area contributed by atoms with E-state index in [0.29, 0.717) is 25.4 Å². The summed E-state index contributed by atoms with van der Waals surface area (Å²) >= 11 is 0. The minimum absolute atomic E-state index is 0.0330. The average Bonchev–Trinajstić information content (AvgIpc) is 2.89. The van der Waals surface area contributed by atoms with Crippen molar-refractivity contribution in [1.29, 1.82) is 0 Å². The number of alkyl halides is 3. The van der Waals surface area contributed by atoms with Crippen LogP contribution in [0.15, 0.2) is 16.7 Å². The number of nitrogens with one attached hydrogen (secondary N) is 1. The molecule has 1 atom stereocenters. The van der Waals surface area contributed by atoms with E-state index in [1.54, 1.807) is 13.0 Å². The molecule has 1 amide bonds. The van der Waals surface area contributed by atoms with Crippen LogP contribution in [0.1, 0.15) is 35.4 Å². The van der Waals surface area contributed by atoms with Gasteiger partial charge in [-0.1, -0.05) is 0 Å². The number of carbonyl (C=O) groups excluding carboxylic acids is 1. The van der Waals surface area contributed by atoms with Crippen molar-refractivity contribution < 1.29 is 22.4 Å². The Labute approximate surface area is 127 Å². The summed E-state index contributed by atoms with van der Waals surface area (Å²) in [7, 11) is 0. The lowest BCUT2D eigenvalue weighted by molar-refractivity contribution is -0.138. The van der Waals surface area contributed by atoms with Crippen LogP contribution in [0.2, 0.25) is 0 Å². The van der Waals surface area contributed by atoms with Gasteiger partial charge in [0, 0.05) is 25.2 Å². The lowest BCUT2D eigenvalue weighted by atomic mass is 9.97. The summed E-state index contributed by atoms with van der Waals surface area (Å²) in [6.45, 7) is 3.57. The molecule has 1 unspecified atom stereocenters. The maximum atomic E-state index is 12.3. The van der Waals surface area contributed by atoms with E-state index >= 15 is 0 Å². The Morgan fingerprint density at radius 1 is 1.50 bits per heavy atom. The van der Waals surface area contributed by atoms with Crippen molar-refractivity contribution in [2.45, 2.75) is 32.4 Å². The number of hydrogen-bond acceptors (Lipinski definition) is 3. The average molecular weight is 318 g/mol. The van der Waals surface area contributed by atoms with E-state index in [0.717, 1.165) is 18.4 Å². The Bertz CT molecular complexity index is 499. The lowest BCUT2D eigenvalue weighted by Crippen LogP contribution is -2.42. The standard InChI is InChI=1S/C15H21F3N2O2/c1-11-4-8-22-13(11)14(21)19-9-12-3-2-6-20(10-12)7-5-15(16,17)18/h4,8,12H,2-3,5-7,9-10H2,1H3,(H,19,21). The van der Waals surface area contributed by atoms with Crippen molar-refractivity contribution in [2.75, 3.05) is 26.2 Å². The first-order chi connectivity index (χ1) is 10.3. The van der Waals surface area contributed by atoms with E-state index in [1.807, 2.05) is 4.90 Å². The van der Waals surface area contributed by atoms with Gasteiger partial charge in [-0.2, -0.15) is 13.2 Å². The zero-order chi connectivity index (χ0) is 16.2. The summed E-state index contributed by atoms with van der Waals surface area (Å²) in [5, 5.41) is 2.81. The van der Waals surface area contributed by atoms with Gasteiger partial charge < -0.3 is 14.6 Å². The summed E-state index contributed by atoms with van der Waals surface area (Å²) in [5.74, 6) is 0.209. The molecule has 1 fully saturated rings. The number of rotatable bonds is 5. The highest BCUT2D eigenvalue weighted by Crippen LogP contribution is 2.22. The fraction of sp³-hybridized carbons (Fsp3) is 0.667. The Balaban J connectivity index is 1.76. The van der Waals surface area contributed by atoms with Crippen LogP contribution in [0.3, 0.4) is 0 Å². The van der Waals surface area contributed by atoms with Crippen LogP contribution in [-0.2, 0) is 0 Å². The van der Waals surface area contributed by atoms with Gasteiger partial charge in [0.2, 0.25) is 0 Å². The van der Waals surface area contributed by atoms with Crippen molar-refractivity contribution in [3.63, 3.8) is 0 Å². The molecule has 1 N–H and O–H groups in total. The van der Waals surface area contributed by atoms with Crippen LogP contribution in [0.4, 0.5) is 13.2 Å². The molecule has 124 valence electrons. The molecule has 0 bridgehead atoms. The Hall–Kier alpha value is -1.50. The molecule has 0 aliphatic carbocycles. The van der Waals surface area contributed by atoms with Crippen molar-refractivity contribution in [3.05, 3.63) is 23.7 Å². The Morgan fingerprint density at radius 3 is 2.91 bits per heavy atom. The van der Waals surface area contributed by atoms with E-state index in [1.165, 1.54) is 6.26 Å². The molecule has 0 radical (unpaired) electrons. The van der Waals surface area contributed by atoms with Crippen molar-refractivity contribution in [2.24, 2.45) is 5.92 Å². The van der Waals surface area contributed by atoms with Gasteiger partial charge >= 0.3 is 6.18 Å². The summed E-state index contributed by atoms with van der Waals surface area (Å²) in [6.07, 6.45) is -1.66. The van der Waals surface area contributed by atoms with E-state index in [9.17, 15) is 18.0 Å². The summed E-state index contributed by atoms with van der Waals surface area (Å²) < 4.78 is 41.9. The van der Waals surface area contributed by atoms with Crippen LogP contribution in [-0.4, -0.2) is 43.2 Å². The number of aryl methyl sites for hydroxylation is 1. The molecule has 1 aliphatic rings. The van der Waals surface area contributed by atoms with Gasteiger partial charge in [-0.15, -0.1) is 0 Å². The third-order valence-electron chi connectivity index (χ3n) is 3.93. The molecule has 0 spiro atoms. The molecular formula is C15H21F3N2O2. The first-order valence-corrected chi connectivity index (χ1v) is 7.46. The number of halogens is 3. The molecule has 7 heteroatoms. The molecule has 0 aromatic carbocycles. The number of amides is 1. The second kappa shape index (κ2) is 7.17. The van der Waals surface area contributed by atoms with Gasteiger partial charge in [0.15, 0.2) is 5.76 Å². The highest BCUT2D eigenvalue weighted by Gasteiger charge is 2.29. The zero-order valence-electron chi connectivity index (χ0n) is 12.6. The largest absolute Gasteiger partial charge is 0.459 e. The molecule has 2 heterocycles. The molecular weight excluding hydrogens is 297 g/mol. The molecule has 1 saturated heterocycles. The highest BCUT2D eigenvalue weighted by atomic mass is 19.4. The molecule has 1 aromatic rings. The molecule has 2 rings (SSSR count). The molecule has 1 aromatic heterocycles. The van der Waals surface area contributed by atoms with Gasteiger partial charge in [0.1, 0.15) is 0 Å². The zero-order valence-corrected chi connectivity index (χ0v) is 12.6. The fourth-order valence-corrected chi connectivity index (χ4v) is 2.73. The third-order valence-corrected chi connectivity index (χ3v) is 3.93. The summed E-state index contributed by atoms with van der Waals surface area (Å²) in [5.41, 5.74) is 0.771. The van der Waals surface area contributed by atoms with Gasteiger partial charge in [-0.25, -0.2) is 0 Å². The quantitative estimate of drug-likeness (QED) is 0.908. The number of piperidine rings is 1. The topological polar surface area (TPSA) is 45.5 Å². The van der Waals surface area contributed by atoms with Crippen molar-refractivity contribution >= 4 is 5.91 Å². The van der Waals surface area contributed by atoms with Gasteiger partial charge in [-0.3, -0.25) is 4.79 Å². The van der Waals surface area contributed by atoms with Crippen LogP contribution in [0, 0.1) is 12.8 Å². The second-order valence-corrected chi connectivity index (χ2v) is 5.82. The maximum absolute atomic E-state index is 12.3. The molecule has 22 heavy (non-hydrogen) atoms. The van der Waals surface area contributed by atoms with Crippen LogP contribution in [0.25, 0.3) is 0 Å². The summed E-state index contributed by atoms with van der Waals surface area (Å²) in [4.78, 5) is 13.8. The van der Waals surface area contributed by atoms with E-state index in [-0.39, 0.29) is 18.4 Å². The first kappa shape index (κ1) is 16.9. The van der Waals surface area contributed by atoms with Crippen LogP contribution in [0.5, 0.6) is 0 Å². The van der Waals surface area contributed by atoms with Gasteiger partial charge in [0.25, 0.3) is 5.91 Å². The number of likely N-dealkylation sites (tertiary alicyclic amines) is 1. The minimum atomic E-state index is -4.11. The monoisotopic (exact) mass is 318 g/mol. The Kier molecular flexibility index (Phi) is 5.50. The molecule has 0 saturated carbocycles. The normalized spacial score (nSPS) is 20.1. The summed E-state index contributed by atoms with van der Waals surface area (Å²) in [6, 6.07) is 1.72. The van der Waals surface area contributed by atoms with Crippen LogP contribution < -0.4 is 5.32 Å². The molecule has 1 aliphatic heterocycles. The van der Waals surface area contributed by atoms with Gasteiger partial charge in [0.05, 0.1) is 12.7 Å². The number of carbonyl (C=O) groups is 1. The van der Waals surface area contributed by atoms with Crippen molar-refractivity contribution in [3.8, 4) is 0 Å². The SMILES string of the molecule is Cc1ccoc1C(=O)NCC1CCCN(CCC(F)(F)F)C1. The third kappa shape index (κ3) is 5.05. The fourth-order valence-electron chi connectivity index (χ4n) is 2.73. The second-order valence-electron chi connectivity index (χ2n) is 5.82. The van der Waals surface area contributed by atoms with E-state index in [4.69, 9.17) is 4.42 Å². The highest BCUT2D eigenvalue weighted by molar-refractivity contribution is 5.92. The van der Waals surface area contributed by atoms with Crippen LogP contribution >= 0.6 is 0 Å². The predicted molar refractivity (Wildman–Crippen MR) is 75.6 cm³/mol. The van der Waals surface area contributed by atoms with Gasteiger partial charge in [-0.05, 0) is 38.3 Å². The van der Waals surface area contributed by atoms with E-state index in [2.05, 4.69) is 5.32 Å². The van der Waals surface area contributed by atoms with Crippen molar-refractivity contribution in [1.82, 2.24) is 10.2 Å². The number of nitrogens with zero attached hydrogens (tertiary/aromatic N) is 1. The minimum Gasteiger partial charge on any atom is -0.459 e. The lowest BCUT2D eigenvalue weighted by Gasteiger charge is -2.32. The number of furan rings is 1. The van der Waals surface area contributed by atoms with E-state index < -0.39 is 12.6 Å². The molecule has 4 nitrogen and oxygen atoms in total.